The van der Waals surface area contributed by atoms with E-state index in [9.17, 15) is 4.79 Å². The van der Waals surface area contributed by atoms with Crippen LogP contribution in [0.2, 0.25) is 0 Å². The molecule has 2 aromatic heterocycles. The third-order valence-electron chi connectivity index (χ3n) is 8.44. The summed E-state index contributed by atoms with van der Waals surface area (Å²) >= 11 is 0. The molecule has 1 aromatic carbocycles. The summed E-state index contributed by atoms with van der Waals surface area (Å²) in [4.78, 5) is 36.3. The molecular weight excluding hydrogens is 554 g/mol. The van der Waals surface area contributed by atoms with Crippen LogP contribution >= 0.6 is 0 Å². The number of hydrogen-bond acceptors (Lipinski definition) is 8. The molecule has 3 atom stereocenters. The Kier molecular flexibility index (Phi) is 14.4. The molecule has 3 aromatic rings. The van der Waals surface area contributed by atoms with Crippen molar-refractivity contribution >= 4 is 5.97 Å². The summed E-state index contributed by atoms with van der Waals surface area (Å²) in [5, 5.41) is 0. The van der Waals surface area contributed by atoms with E-state index in [1.165, 1.54) is 5.56 Å². The van der Waals surface area contributed by atoms with Crippen LogP contribution in [0.25, 0.3) is 0 Å². The molecule has 1 fully saturated rings. The van der Waals surface area contributed by atoms with Gasteiger partial charge in [0.1, 0.15) is 18.3 Å². The van der Waals surface area contributed by atoms with Crippen molar-refractivity contribution in [2.24, 2.45) is 0 Å². The topological polar surface area (TPSA) is 103 Å². The van der Waals surface area contributed by atoms with E-state index in [1.54, 1.807) is 12.4 Å². The normalized spacial score (nSPS) is 16.6. The molecule has 0 bridgehead atoms. The van der Waals surface area contributed by atoms with Gasteiger partial charge in [-0.2, -0.15) is 0 Å². The average Bonchev–Trinajstić information content (AvgIpc) is 3.85. The van der Waals surface area contributed by atoms with Gasteiger partial charge in [0.2, 0.25) is 0 Å². The molecule has 0 spiro atoms. The van der Waals surface area contributed by atoms with Crippen molar-refractivity contribution in [3.05, 3.63) is 72.3 Å². The molecule has 4 rings (SSSR count). The Morgan fingerprint density at radius 1 is 1.00 bits per heavy atom. The number of ether oxygens (including phenoxy) is 2. The molecule has 44 heavy (non-hydrogen) atoms. The van der Waals surface area contributed by atoms with Crippen molar-refractivity contribution in [1.29, 1.82) is 0 Å². The number of unbranched alkanes of at least 4 members (excludes halogenated alkanes) is 1. The minimum atomic E-state index is -0.198. The summed E-state index contributed by atoms with van der Waals surface area (Å²) in [5.74, 6) is 1.60. The van der Waals surface area contributed by atoms with Gasteiger partial charge < -0.3 is 24.3 Å². The summed E-state index contributed by atoms with van der Waals surface area (Å²) < 4.78 is 11.5. The maximum absolute atomic E-state index is 13.3. The van der Waals surface area contributed by atoms with E-state index >= 15 is 0 Å². The lowest BCUT2D eigenvalue weighted by Gasteiger charge is -2.37. The predicted octanol–water partition coefficient (Wildman–Crippen LogP) is 5.36. The molecule has 0 amide bonds. The number of hydrogen-bond donors (Lipinski definition) is 2. The van der Waals surface area contributed by atoms with Crippen LogP contribution in [0.15, 0.2) is 55.1 Å². The van der Waals surface area contributed by atoms with Crippen LogP contribution in [0.3, 0.4) is 0 Å². The van der Waals surface area contributed by atoms with Gasteiger partial charge >= 0.3 is 5.97 Å². The highest BCUT2D eigenvalue weighted by Gasteiger charge is 2.29. The highest BCUT2D eigenvalue weighted by Crippen LogP contribution is 2.28. The number of nitrogens with zero attached hydrogens (tertiary/aromatic N) is 5. The van der Waals surface area contributed by atoms with Gasteiger partial charge in [-0.25, -0.2) is 9.97 Å². The van der Waals surface area contributed by atoms with Gasteiger partial charge in [0.15, 0.2) is 0 Å². The zero-order valence-corrected chi connectivity index (χ0v) is 27.0. The molecular formula is C34H53N7O3. The van der Waals surface area contributed by atoms with E-state index in [1.807, 2.05) is 18.5 Å². The van der Waals surface area contributed by atoms with E-state index in [4.69, 9.17) is 9.47 Å². The Bertz CT molecular complexity index is 1150. The standard InChI is InChI=1S/C34H53N7O3/c1-4-19-39(20-5-2)21-9-10-22-40(26-33(42)44-27-30-14-11-23-43-30)31(29-12-7-6-8-13-29)24-41(25-32-35-15-16-36-32)28(3)34-37-17-18-38-34/h6-8,12-13,15-18,28,30-31H,4-5,9-11,14,19-27H2,1-3H3,(H,35,36)(H,37,38)/t28-,30?,31?/m1/s1. The number of aromatic amines is 2. The number of nitrogens with one attached hydrogen (secondary N) is 2. The predicted molar refractivity (Wildman–Crippen MR) is 173 cm³/mol. The molecule has 10 heteroatoms. The van der Waals surface area contributed by atoms with E-state index in [0.29, 0.717) is 19.7 Å². The van der Waals surface area contributed by atoms with Crippen LogP contribution in [-0.4, -0.2) is 99.2 Å². The monoisotopic (exact) mass is 607 g/mol. The Labute approximate surface area is 263 Å². The quantitative estimate of drug-likeness (QED) is 0.123. The molecule has 0 aliphatic carbocycles. The Morgan fingerprint density at radius 3 is 2.41 bits per heavy atom. The summed E-state index contributed by atoms with van der Waals surface area (Å²) in [6, 6.07) is 10.5. The lowest BCUT2D eigenvalue weighted by atomic mass is 10.0. The summed E-state index contributed by atoms with van der Waals surface area (Å²) in [7, 11) is 0. The van der Waals surface area contributed by atoms with Crippen molar-refractivity contribution in [2.45, 2.75) is 84.0 Å². The molecule has 10 nitrogen and oxygen atoms in total. The number of imidazole rings is 2. The fourth-order valence-electron chi connectivity index (χ4n) is 6.08. The third-order valence-corrected chi connectivity index (χ3v) is 8.44. The van der Waals surface area contributed by atoms with E-state index in [2.05, 4.69) is 79.7 Å². The zero-order valence-electron chi connectivity index (χ0n) is 27.0. The molecule has 1 aliphatic heterocycles. The molecule has 2 unspecified atom stereocenters. The molecule has 1 aliphatic rings. The maximum atomic E-state index is 13.3. The first kappa shape index (κ1) is 33.8. The highest BCUT2D eigenvalue weighted by atomic mass is 16.6. The lowest BCUT2D eigenvalue weighted by molar-refractivity contribution is -0.149. The van der Waals surface area contributed by atoms with E-state index in [-0.39, 0.29) is 30.7 Å². The van der Waals surface area contributed by atoms with Crippen LogP contribution in [-0.2, 0) is 20.8 Å². The molecule has 3 heterocycles. The second kappa shape index (κ2) is 18.7. The average molecular weight is 608 g/mol. The molecule has 0 saturated carbocycles. The van der Waals surface area contributed by atoms with Crippen molar-refractivity contribution < 1.29 is 14.3 Å². The largest absolute Gasteiger partial charge is 0.462 e. The smallest absolute Gasteiger partial charge is 0.320 e. The van der Waals surface area contributed by atoms with Crippen molar-refractivity contribution in [1.82, 2.24) is 34.6 Å². The number of carbonyl (C=O) groups excluding carboxylic acids is 1. The minimum absolute atomic E-state index is 0.00581. The van der Waals surface area contributed by atoms with Crippen molar-refractivity contribution in [2.75, 3.05) is 52.5 Å². The van der Waals surface area contributed by atoms with Gasteiger partial charge in [-0.05, 0) is 77.2 Å². The fraction of sp³-hybridized carbons (Fsp3) is 0.618. The second-order valence-electron chi connectivity index (χ2n) is 11.9. The Morgan fingerprint density at radius 2 is 1.75 bits per heavy atom. The number of esters is 1. The van der Waals surface area contributed by atoms with E-state index < -0.39 is 0 Å². The van der Waals surface area contributed by atoms with Crippen LogP contribution in [0.1, 0.15) is 88.6 Å². The Hall–Kier alpha value is -3.05. The molecule has 242 valence electrons. The highest BCUT2D eigenvalue weighted by molar-refractivity contribution is 5.71. The second-order valence-corrected chi connectivity index (χ2v) is 11.9. The number of carbonyl (C=O) groups is 1. The SMILES string of the molecule is CCCN(CCC)CCCCN(CC(=O)OCC1CCCO1)C(CN(Cc1ncc[nH]1)[C@H](C)c1ncc[nH]1)c1ccccc1. The number of rotatable bonds is 21. The minimum Gasteiger partial charge on any atom is -0.462 e. The molecule has 1 saturated heterocycles. The summed E-state index contributed by atoms with van der Waals surface area (Å²) in [6.45, 7) is 13.4. The number of H-pyrrole nitrogens is 2. The van der Waals surface area contributed by atoms with Crippen LogP contribution in [0.4, 0.5) is 0 Å². The van der Waals surface area contributed by atoms with Crippen LogP contribution < -0.4 is 0 Å². The van der Waals surface area contributed by atoms with Gasteiger partial charge in [-0.15, -0.1) is 0 Å². The number of aromatic nitrogens is 4. The van der Waals surface area contributed by atoms with Gasteiger partial charge in [0.25, 0.3) is 0 Å². The maximum Gasteiger partial charge on any atom is 0.320 e. The number of benzene rings is 1. The van der Waals surface area contributed by atoms with Crippen molar-refractivity contribution in [3.8, 4) is 0 Å². The Balaban J connectivity index is 1.55. The van der Waals surface area contributed by atoms with Crippen LogP contribution in [0.5, 0.6) is 0 Å². The van der Waals surface area contributed by atoms with Gasteiger partial charge in [-0.3, -0.25) is 14.6 Å². The first-order chi connectivity index (χ1) is 21.6. The van der Waals surface area contributed by atoms with E-state index in [0.717, 1.165) is 83.0 Å². The summed E-state index contributed by atoms with van der Waals surface area (Å²) in [6.07, 6.45) is 13.7. The lowest BCUT2D eigenvalue weighted by Crippen LogP contribution is -2.43. The van der Waals surface area contributed by atoms with Crippen molar-refractivity contribution in [3.63, 3.8) is 0 Å². The first-order valence-electron chi connectivity index (χ1n) is 16.6. The zero-order chi connectivity index (χ0) is 31.0. The molecule has 0 radical (unpaired) electrons. The first-order valence-corrected chi connectivity index (χ1v) is 16.6. The summed E-state index contributed by atoms with van der Waals surface area (Å²) in [5.41, 5.74) is 1.18. The third kappa shape index (κ3) is 10.8. The molecule has 2 N–H and O–H groups in total. The van der Waals surface area contributed by atoms with Gasteiger partial charge in [0, 0.05) is 44.0 Å². The van der Waals surface area contributed by atoms with Gasteiger partial charge in [0.05, 0.1) is 25.2 Å². The van der Waals surface area contributed by atoms with Gasteiger partial charge in [-0.1, -0.05) is 44.2 Å². The fourth-order valence-corrected chi connectivity index (χ4v) is 6.08. The van der Waals surface area contributed by atoms with Crippen LogP contribution in [0, 0.1) is 0 Å².